The number of aliphatic hydroxyl groups is 1. The Hall–Kier alpha value is -1.64. The molecular formula is C20H25NO. The minimum Gasteiger partial charge on any atom is -0.392 e. The van der Waals surface area contributed by atoms with Crippen molar-refractivity contribution in [2.45, 2.75) is 32.0 Å². The molecule has 4 atom stereocenters. The van der Waals surface area contributed by atoms with Gasteiger partial charge in [-0.25, -0.2) is 0 Å². The van der Waals surface area contributed by atoms with Crippen molar-refractivity contribution in [3.8, 4) is 0 Å². The number of nitrogens with zero attached hydrogens (tertiary/aromatic N) is 1. The lowest BCUT2D eigenvalue weighted by Crippen LogP contribution is -2.49. The molecule has 2 aromatic rings. The van der Waals surface area contributed by atoms with Gasteiger partial charge in [-0.3, -0.25) is 4.90 Å². The molecule has 2 heteroatoms. The average Bonchev–Trinajstić information content (AvgIpc) is 2.55. The summed E-state index contributed by atoms with van der Waals surface area (Å²) in [7, 11) is 2.19. The van der Waals surface area contributed by atoms with Gasteiger partial charge in [0.15, 0.2) is 0 Å². The van der Waals surface area contributed by atoms with Crippen molar-refractivity contribution in [3.05, 3.63) is 71.8 Å². The van der Waals surface area contributed by atoms with Crippen LogP contribution in [0.15, 0.2) is 60.7 Å². The first-order valence-electron chi connectivity index (χ1n) is 8.11. The maximum absolute atomic E-state index is 10.8. The molecule has 2 aromatic carbocycles. The normalized spacial score (nSPS) is 32.8. The topological polar surface area (TPSA) is 23.5 Å². The van der Waals surface area contributed by atoms with Crippen molar-refractivity contribution in [2.24, 2.45) is 11.8 Å². The second-order valence-corrected chi connectivity index (χ2v) is 6.59. The first-order chi connectivity index (χ1) is 10.6. The molecule has 0 saturated carbocycles. The molecule has 0 spiro atoms. The SMILES string of the molecule is CC1C(O)C(C)C(c2ccccc2)N(C)C1c1ccccc1. The summed E-state index contributed by atoms with van der Waals surface area (Å²) in [6.07, 6.45) is -0.299. The second kappa shape index (κ2) is 6.23. The lowest BCUT2D eigenvalue weighted by atomic mass is 9.74. The summed E-state index contributed by atoms with van der Waals surface area (Å²) in [6, 6.07) is 21.6. The standard InChI is InChI=1S/C20H25NO/c1-14-18(16-10-6-4-7-11-16)21(3)19(15(2)20(14)22)17-12-8-5-9-13-17/h4-15,18-20,22H,1-3H3. The molecule has 1 aliphatic heterocycles. The van der Waals surface area contributed by atoms with Crippen molar-refractivity contribution < 1.29 is 5.11 Å². The third-order valence-electron chi connectivity index (χ3n) is 5.23. The Morgan fingerprint density at radius 3 is 1.45 bits per heavy atom. The molecule has 0 aromatic heterocycles. The first kappa shape index (κ1) is 15.3. The molecule has 0 amide bonds. The molecule has 116 valence electrons. The zero-order valence-corrected chi connectivity index (χ0v) is 13.6. The molecule has 2 nitrogen and oxygen atoms in total. The van der Waals surface area contributed by atoms with Crippen LogP contribution in [0.5, 0.6) is 0 Å². The van der Waals surface area contributed by atoms with Gasteiger partial charge < -0.3 is 5.11 Å². The molecule has 1 heterocycles. The van der Waals surface area contributed by atoms with Crippen molar-refractivity contribution in [1.82, 2.24) is 4.90 Å². The van der Waals surface area contributed by atoms with Gasteiger partial charge >= 0.3 is 0 Å². The van der Waals surface area contributed by atoms with E-state index in [0.717, 1.165) is 0 Å². The fourth-order valence-corrected chi connectivity index (χ4v) is 4.15. The van der Waals surface area contributed by atoms with Crippen LogP contribution < -0.4 is 0 Å². The lowest BCUT2D eigenvalue weighted by molar-refractivity contribution is -0.0748. The highest BCUT2D eigenvalue weighted by Crippen LogP contribution is 2.46. The Kier molecular flexibility index (Phi) is 4.32. The van der Waals surface area contributed by atoms with Crippen LogP contribution >= 0.6 is 0 Å². The van der Waals surface area contributed by atoms with E-state index in [1.807, 2.05) is 12.1 Å². The van der Waals surface area contributed by atoms with Gasteiger partial charge in [-0.2, -0.15) is 0 Å². The fraction of sp³-hybridized carbons (Fsp3) is 0.400. The van der Waals surface area contributed by atoms with Gasteiger partial charge in [-0.1, -0.05) is 74.5 Å². The van der Waals surface area contributed by atoms with Crippen LogP contribution in [0.4, 0.5) is 0 Å². The first-order valence-corrected chi connectivity index (χ1v) is 8.11. The van der Waals surface area contributed by atoms with Crippen molar-refractivity contribution in [3.63, 3.8) is 0 Å². The van der Waals surface area contributed by atoms with E-state index in [1.165, 1.54) is 11.1 Å². The number of likely N-dealkylation sites (tertiary alicyclic amines) is 1. The Morgan fingerprint density at radius 2 is 1.09 bits per heavy atom. The molecular weight excluding hydrogens is 270 g/mol. The van der Waals surface area contributed by atoms with Crippen LogP contribution in [0.25, 0.3) is 0 Å². The van der Waals surface area contributed by atoms with Gasteiger partial charge in [-0.05, 0) is 18.2 Å². The van der Waals surface area contributed by atoms with Crippen LogP contribution in [0.1, 0.15) is 37.1 Å². The van der Waals surface area contributed by atoms with Crippen molar-refractivity contribution in [2.75, 3.05) is 7.05 Å². The van der Waals surface area contributed by atoms with Crippen molar-refractivity contribution in [1.29, 1.82) is 0 Å². The van der Waals surface area contributed by atoms with Crippen LogP contribution in [-0.2, 0) is 0 Å². The third-order valence-corrected chi connectivity index (χ3v) is 5.23. The fourth-order valence-electron chi connectivity index (χ4n) is 4.15. The maximum Gasteiger partial charge on any atom is 0.0627 e. The highest BCUT2D eigenvalue weighted by molar-refractivity contribution is 5.26. The van der Waals surface area contributed by atoms with E-state index in [1.54, 1.807) is 0 Å². The van der Waals surface area contributed by atoms with Crippen LogP contribution in [-0.4, -0.2) is 23.2 Å². The predicted octanol–water partition coefficient (Wildman–Crippen LogP) is 4.05. The Morgan fingerprint density at radius 1 is 0.727 bits per heavy atom. The minimum atomic E-state index is -0.299. The molecule has 22 heavy (non-hydrogen) atoms. The zero-order chi connectivity index (χ0) is 15.7. The number of piperidine rings is 1. The second-order valence-electron chi connectivity index (χ2n) is 6.59. The van der Waals surface area contributed by atoms with Gasteiger partial charge in [-0.15, -0.1) is 0 Å². The largest absolute Gasteiger partial charge is 0.392 e. The number of hydrogen-bond acceptors (Lipinski definition) is 2. The molecule has 1 saturated heterocycles. The molecule has 4 unspecified atom stereocenters. The molecule has 0 bridgehead atoms. The summed E-state index contributed by atoms with van der Waals surface area (Å²) in [6.45, 7) is 4.33. The maximum atomic E-state index is 10.8. The summed E-state index contributed by atoms with van der Waals surface area (Å²) in [5, 5.41) is 10.8. The van der Waals surface area contributed by atoms with Gasteiger partial charge in [0.25, 0.3) is 0 Å². The van der Waals surface area contributed by atoms with E-state index in [9.17, 15) is 5.11 Å². The van der Waals surface area contributed by atoms with E-state index < -0.39 is 0 Å². The smallest absolute Gasteiger partial charge is 0.0627 e. The lowest BCUT2D eigenvalue weighted by Gasteiger charge is -2.50. The average molecular weight is 295 g/mol. The molecule has 3 rings (SSSR count). The summed E-state index contributed by atoms with van der Waals surface area (Å²) >= 11 is 0. The van der Waals surface area contributed by atoms with E-state index >= 15 is 0 Å². The third kappa shape index (κ3) is 2.57. The highest BCUT2D eigenvalue weighted by atomic mass is 16.3. The summed E-state index contributed by atoms with van der Waals surface area (Å²) in [5.74, 6) is 0.421. The summed E-state index contributed by atoms with van der Waals surface area (Å²) < 4.78 is 0. The molecule has 0 radical (unpaired) electrons. The number of hydrogen-bond donors (Lipinski definition) is 1. The zero-order valence-electron chi connectivity index (χ0n) is 13.6. The minimum absolute atomic E-state index is 0.211. The highest BCUT2D eigenvalue weighted by Gasteiger charge is 2.44. The van der Waals surface area contributed by atoms with Gasteiger partial charge in [0.1, 0.15) is 0 Å². The molecule has 1 N–H and O–H groups in total. The predicted molar refractivity (Wildman–Crippen MR) is 90.5 cm³/mol. The molecule has 1 fully saturated rings. The van der Waals surface area contributed by atoms with Crippen LogP contribution in [0.3, 0.4) is 0 Å². The van der Waals surface area contributed by atoms with Gasteiger partial charge in [0, 0.05) is 23.9 Å². The van der Waals surface area contributed by atoms with E-state index in [4.69, 9.17) is 0 Å². The van der Waals surface area contributed by atoms with E-state index in [-0.39, 0.29) is 30.0 Å². The quantitative estimate of drug-likeness (QED) is 0.903. The number of benzene rings is 2. The summed E-state index contributed by atoms with van der Waals surface area (Å²) in [5.41, 5.74) is 2.56. The Bertz CT molecular complexity index is 544. The van der Waals surface area contributed by atoms with E-state index in [2.05, 4.69) is 74.3 Å². The van der Waals surface area contributed by atoms with Crippen LogP contribution in [0, 0.1) is 11.8 Å². The molecule has 1 aliphatic rings. The Balaban J connectivity index is 2.01. The monoisotopic (exact) mass is 295 g/mol. The number of rotatable bonds is 2. The van der Waals surface area contributed by atoms with Gasteiger partial charge in [0.2, 0.25) is 0 Å². The summed E-state index contributed by atoms with van der Waals surface area (Å²) in [4.78, 5) is 2.44. The Labute approximate surface area is 133 Å². The van der Waals surface area contributed by atoms with Gasteiger partial charge in [0.05, 0.1) is 6.10 Å². The van der Waals surface area contributed by atoms with Crippen LogP contribution in [0.2, 0.25) is 0 Å². The number of aliphatic hydroxyl groups excluding tert-OH is 1. The van der Waals surface area contributed by atoms with Crippen molar-refractivity contribution >= 4 is 0 Å². The molecule has 0 aliphatic carbocycles. The van der Waals surface area contributed by atoms with E-state index in [0.29, 0.717) is 0 Å².